The van der Waals surface area contributed by atoms with Crippen LogP contribution in [-0.4, -0.2) is 6.54 Å². The fraction of sp³-hybridized carbons (Fsp3) is 0.200. The summed E-state index contributed by atoms with van der Waals surface area (Å²) in [6.07, 6.45) is 0. The van der Waals surface area contributed by atoms with Crippen molar-refractivity contribution in [3.63, 3.8) is 0 Å². The Morgan fingerprint density at radius 1 is 0.950 bits per heavy atom. The summed E-state index contributed by atoms with van der Waals surface area (Å²) in [6.45, 7) is 2.50. The minimum atomic E-state index is -0.532. The highest BCUT2D eigenvalue weighted by atomic mass is 79.9. The number of benzene rings is 2. The maximum absolute atomic E-state index is 14.3. The molecule has 2 aromatic rings. The Hall–Kier alpha value is -0.780. The van der Waals surface area contributed by atoms with Crippen LogP contribution < -0.4 is 5.32 Å². The zero-order valence-corrected chi connectivity index (χ0v) is 13.9. The number of hydrogen-bond donors (Lipinski definition) is 1. The molecule has 0 bridgehead atoms. The average Bonchev–Trinajstić information content (AvgIpc) is 2.43. The van der Waals surface area contributed by atoms with Gasteiger partial charge in [0.2, 0.25) is 0 Å². The van der Waals surface area contributed by atoms with Crippen molar-refractivity contribution in [1.82, 2.24) is 5.32 Å². The lowest BCUT2D eigenvalue weighted by Crippen LogP contribution is -2.24. The van der Waals surface area contributed by atoms with Gasteiger partial charge in [-0.3, -0.25) is 0 Å². The molecule has 0 unspecified atom stereocenters. The SMILES string of the molecule is CCNC(c1cccc(Br)c1F)c1cccc(Br)c1F. The van der Waals surface area contributed by atoms with Crippen molar-refractivity contribution < 1.29 is 8.78 Å². The van der Waals surface area contributed by atoms with Crippen molar-refractivity contribution in [3.05, 3.63) is 68.1 Å². The predicted molar refractivity (Wildman–Crippen MR) is 83.7 cm³/mol. The van der Waals surface area contributed by atoms with Gasteiger partial charge in [-0.1, -0.05) is 31.2 Å². The minimum Gasteiger partial charge on any atom is -0.306 e. The van der Waals surface area contributed by atoms with Gasteiger partial charge < -0.3 is 5.32 Å². The van der Waals surface area contributed by atoms with E-state index in [9.17, 15) is 8.78 Å². The Bertz CT molecular complexity index is 565. The van der Waals surface area contributed by atoms with E-state index in [0.29, 0.717) is 26.6 Å². The van der Waals surface area contributed by atoms with E-state index < -0.39 is 6.04 Å². The Morgan fingerprint density at radius 3 is 1.80 bits per heavy atom. The summed E-state index contributed by atoms with van der Waals surface area (Å²) in [4.78, 5) is 0. The van der Waals surface area contributed by atoms with Gasteiger partial charge in [-0.05, 0) is 50.5 Å². The van der Waals surface area contributed by atoms with Crippen LogP contribution in [0.1, 0.15) is 24.1 Å². The fourth-order valence-electron chi connectivity index (χ4n) is 2.08. The maximum Gasteiger partial charge on any atom is 0.142 e. The van der Waals surface area contributed by atoms with E-state index >= 15 is 0 Å². The standard InChI is InChI=1S/C15H13Br2F2N/c1-2-20-15(9-5-3-7-11(16)13(9)18)10-6-4-8-12(17)14(10)19/h3-8,15,20H,2H2,1H3. The second kappa shape index (κ2) is 6.78. The molecule has 5 heteroatoms. The monoisotopic (exact) mass is 403 g/mol. The molecule has 0 radical (unpaired) electrons. The van der Waals surface area contributed by atoms with Crippen molar-refractivity contribution in [2.24, 2.45) is 0 Å². The van der Waals surface area contributed by atoms with E-state index in [1.165, 1.54) is 0 Å². The number of nitrogens with one attached hydrogen (secondary N) is 1. The highest BCUT2D eigenvalue weighted by molar-refractivity contribution is 9.10. The van der Waals surface area contributed by atoms with Crippen LogP contribution >= 0.6 is 31.9 Å². The maximum atomic E-state index is 14.3. The molecule has 0 aromatic heterocycles. The minimum absolute atomic E-state index is 0.369. The molecule has 0 aliphatic carbocycles. The van der Waals surface area contributed by atoms with Crippen LogP contribution in [-0.2, 0) is 0 Å². The van der Waals surface area contributed by atoms with Gasteiger partial charge in [0.05, 0.1) is 15.0 Å². The van der Waals surface area contributed by atoms with Crippen molar-refractivity contribution >= 4 is 31.9 Å². The molecule has 0 aliphatic rings. The van der Waals surface area contributed by atoms with E-state index in [-0.39, 0.29) is 11.6 Å². The molecule has 1 N–H and O–H groups in total. The molecule has 0 aliphatic heterocycles. The molecule has 0 saturated heterocycles. The van der Waals surface area contributed by atoms with Gasteiger partial charge in [0.1, 0.15) is 11.6 Å². The normalized spacial score (nSPS) is 11.1. The number of halogens is 4. The first kappa shape index (κ1) is 15.6. The molecule has 2 aromatic carbocycles. The zero-order valence-electron chi connectivity index (χ0n) is 10.8. The molecular formula is C15H13Br2F2N. The van der Waals surface area contributed by atoms with Crippen molar-refractivity contribution in [2.75, 3.05) is 6.54 Å². The van der Waals surface area contributed by atoms with Gasteiger partial charge in [0, 0.05) is 11.1 Å². The lowest BCUT2D eigenvalue weighted by atomic mass is 9.97. The van der Waals surface area contributed by atoms with E-state index in [1.807, 2.05) is 6.92 Å². The summed E-state index contributed by atoms with van der Waals surface area (Å²) in [6, 6.07) is 9.51. The quantitative estimate of drug-likeness (QED) is 0.739. The molecule has 0 saturated carbocycles. The molecule has 0 spiro atoms. The Labute approximate surface area is 133 Å². The molecular weight excluding hydrogens is 392 g/mol. The zero-order chi connectivity index (χ0) is 14.7. The van der Waals surface area contributed by atoms with E-state index in [1.54, 1.807) is 36.4 Å². The van der Waals surface area contributed by atoms with Crippen LogP contribution in [0.3, 0.4) is 0 Å². The highest BCUT2D eigenvalue weighted by Gasteiger charge is 2.22. The second-order valence-electron chi connectivity index (χ2n) is 4.28. The fourth-order valence-corrected chi connectivity index (χ4v) is 2.84. The first-order valence-corrected chi connectivity index (χ1v) is 7.76. The summed E-state index contributed by atoms with van der Waals surface area (Å²) in [5.41, 5.74) is 0.830. The molecule has 2 rings (SSSR count). The van der Waals surface area contributed by atoms with Crippen molar-refractivity contribution in [1.29, 1.82) is 0 Å². The topological polar surface area (TPSA) is 12.0 Å². The first-order chi connectivity index (χ1) is 9.56. The smallest absolute Gasteiger partial charge is 0.142 e. The summed E-state index contributed by atoms with van der Waals surface area (Å²) >= 11 is 6.33. The van der Waals surface area contributed by atoms with Crippen LogP contribution in [0, 0.1) is 11.6 Å². The molecule has 0 amide bonds. The van der Waals surface area contributed by atoms with E-state index in [4.69, 9.17) is 0 Å². The van der Waals surface area contributed by atoms with Gasteiger partial charge in [0.25, 0.3) is 0 Å². The van der Waals surface area contributed by atoms with E-state index in [2.05, 4.69) is 37.2 Å². The van der Waals surface area contributed by atoms with Gasteiger partial charge >= 0.3 is 0 Å². The van der Waals surface area contributed by atoms with Crippen molar-refractivity contribution in [3.8, 4) is 0 Å². The van der Waals surface area contributed by atoms with Gasteiger partial charge in [0.15, 0.2) is 0 Å². The predicted octanol–water partition coefficient (Wildman–Crippen LogP) is 5.19. The highest BCUT2D eigenvalue weighted by Crippen LogP contribution is 2.31. The van der Waals surface area contributed by atoms with E-state index in [0.717, 1.165) is 0 Å². The molecule has 1 nitrogen and oxygen atoms in total. The van der Waals surface area contributed by atoms with Crippen molar-refractivity contribution in [2.45, 2.75) is 13.0 Å². The first-order valence-electron chi connectivity index (χ1n) is 6.17. The summed E-state index contributed by atoms with van der Waals surface area (Å²) in [5, 5.41) is 3.13. The summed E-state index contributed by atoms with van der Waals surface area (Å²) < 4.78 is 29.3. The summed E-state index contributed by atoms with van der Waals surface area (Å²) in [5.74, 6) is -0.754. The molecule has 106 valence electrons. The average molecular weight is 405 g/mol. The Kier molecular flexibility index (Phi) is 5.29. The van der Waals surface area contributed by atoms with Crippen LogP contribution in [0.5, 0.6) is 0 Å². The summed E-state index contributed by atoms with van der Waals surface area (Å²) in [7, 11) is 0. The third-order valence-corrected chi connectivity index (χ3v) is 4.22. The largest absolute Gasteiger partial charge is 0.306 e. The second-order valence-corrected chi connectivity index (χ2v) is 5.99. The van der Waals surface area contributed by atoms with Crippen LogP contribution in [0.4, 0.5) is 8.78 Å². The number of hydrogen-bond acceptors (Lipinski definition) is 1. The van der Waals surface area contributed by atoms with Crippen LogP contribution in [0.25, 0.3) is 0 Å². The molecule has 0 heterocycles. The number of rotatable bonds is 4. The van der Waals surface area contributed by atoms with Crippen LogP contribution in [0.15, 0.2) is 45.3 Å². The third-order valence-electron chi connectivity index (χ3n) is 2.99. The van der Waals surface area contributed by atoms with Gasteiger partial charge in [-0.15, -0.1) is 0 Å². The molecule has 20 heavy (non-hydrogen) atoms. The lowest BCUT2D eigenvalue weighted by Gasteiger charge is -2.21. The Morgan fingerprint density at radius 2 is 1.40 bits per heavy atom. The molecule has 0 fully saturated rings. The van der Waals surface area contributed by atoms with Crippen LogP contribution in [0.2, 0.25) is 0 Å². The third kappa shape index (κ3) is 3.10. The Balaban J connectivity index is 2.56. The van der Waals surface area contributed by atoms with Gasteiger partial charge in [-0.2, -0.15) is 0 Å². The lowest BCUT2D eigenvalue weighted by molar-refractivity contribution is 0.526. The van der Waals surface area contributed by atoms with Gasteiger partial charge in [-0.25, -0.2) is 8.78 Å². The molecule has 0 atom stereocenters.